The summed E-state index contributed by atoms with van der Waals surface area (Å²) in [5.41, 5.74) is 6.95. The molecule has 3 rings (SSSR count). The fourth-order valence-corrected chi connectivity index (χ4v) is 2.94. The van der Waals surface area contributed by atoms with Crippen molar-refractivity contribution >= 4 is 11.8 Å². The van der Waals surface area contributed by atoms with E-state index in [1.54, 1.807) is 0 Å². The quantitative estimate of drug-likeness (QED) is 0.803. The van der Waals surface area contributed by atoms with E-state index in [1.807, 2.05) is 0 Å². The predicted octanol–water partition coefficient (Wildman–Crippen LogP) is 1.98. The number of rotatable bonds is 7. The van der Waals surface area contributed by atoms with E-state index >= 15 is 0 Å². The van der Waals surface area contributed by atoms with Crippen LogP contribution in [0.25, 0.3) is 0 Å². The number of aromatic nitrogens is 2. The summed E-state index contributed by atoms with van der Waals surface area (Å²) in [7, 11) is 0. The first-order valence-corrected chi connectivity index (χ1v) is 8.36. The molecular weight excluding hydrogens is 262 g/mol. The minimum absolute atomic E-state index is 0.410. The van der Waals surface area contributed by atoms with Crippen LogP contribution in [0.15, 0.2) is 6.07 Å². The zero-order valence-electron chi connectivity index (χ0n) is 13.0. The van der Waals surface area contributed by atoms with E-state index in [2.05, 4.69) is 33.2 Å². The van der Waals surface area contributed by atoms with Gasteiger partial charge in [-0.2, -0.15) is 4.98 Å². The number of hydrogen-bond donors (Lipinski definition) is 2. The Morgan fingerprint density at radius 1 is 1.33 bits per heavy atom. The van der Waals surface area contributed by atoms with Crippen molar-refractivity contribution in [2.75, 3.05) is 30.3 Å². The van der Waals surface area contributed by atoms with Gasteiger partial charge >= 0.3 is 0 Å². The first-order valence-electron chi connectivity index (χ1n) is 8.36. The topological polar surface area (TPSA) is 67.1 Å². The second kappa shape index (κ2) is 6.60. The number of nitrogen functional groups attached to an aromatic ring is 1. The number of unbranched alkanes of at least 4 members (excludes halogenated alkanes) is 1. The highest BCUT2D eigenvalue weighted by Gasteiger charge is 2.27. The minimum atomic E-state index is 0.410. The van der Waals surface area contributed by atoms with Crippen molar-refractivity contribution in [3.05, 3.63) is 11.8 Å². The SMILES string of the molecule is CCCCc1cc(N2CCC(NCC3CC3)C2)nc(N)n1. The largest absolute Gasteiger partial charge is 0.368 e. The summed E-state index contributed by atoms with van der Waals surface area (Å²) in [5, 5.41) is 3.69. The van der Waals surface area contributed by atoms with E-state index in [9.17, 15) is 0 Å². The van der Waals surface area contributed by atoms with Gasteiger partial charge in [0.25, 0.3) is 0 Å². The molecule has 3 N–H and O–H groups in total. The standard InChI is InChI=1S/C16H27N5/c1-2-3-4-13-9-15(20-16(17)19-13)21-8-7-14(11-21)18-10-12-5-6-12/h9,12,14,18H,2-8,10-11H2,1H3,(H2,17,19,20). The second-order valence-electron chi connectivity index (χ2n) is 6.46. The van der Waals surface area contributed by atoms with Crippen molar-refractivity contribution in [3.8, 4) is 0 Å². The summed E-state index contributed by atoms with van der Waals surface area (Å²) < 4.78 is 0. The van der Waals surface area contributed by atoms with E-state index in [0.29, 0.717) is 12.0 Å². The first kappa shape index (κ1) is 14.6. The molecule has 0 amide bonds. The third-order valence-electron chi connectivity index (χ3n) is 4.47. The third-order valence-corrected chi connectivity index (χ3v) is 4.47. The lowest BCUT2D eigenvalue weighted by Gasteiger charge is -2.19. The Bertz CT molecular complexity index is 472. The molecule has 1 atom stereocenters. The highest BCUT2D eigenvalue weighted by Crippen LogP contribution is 2.28. The Balaban J connectivity index is 1.59. The van der Waals surface area contributed by atoms with Crippen LogP contribution in [0.1, 0.15) is 44.7 Å². The maximum Gasteiger partial charge on any atom is 0.222 e. The van der Waals surface area contributed by atoms with Crippen LogP contribution in [0.3, 0.4) is 0 Å². The molecule has 0 aromatic carbocycles. The van der Waals surface area contributed by atoms with Gasteiger partial charge in [-0.15, -0.1) is 0 Å². The molecule has 1 aromatic rings. The summed E-state index contributed by atoms with van der Waals surface area (Å²) in [5.74, 6) is 2.35. The molecule has 1 aromatic heterocycles. The Labute approximate surface area is 127 Å². The van der Waals surface area contributed by atoms with Gasteiger partial charge in [0.1, 0.15) is 5.82 Å². The van der Waals surface area contributed by atoms with Crippen LogP contribution in [-0.4, -0.2) is 35.6 Å². The van der Waals surface area contributed by atoms with Gasteiger partial charge in [0.2, 0.25) is 5.95 Å². The van der Waals surface area contributed by atoms with Crippen LogP contribution in [0.2, 0.25) is 0 Å². The number of anilines is 2. The van der Waals surface area contributed by atoms with E-state index in [-0.39, 0.29) is 0 Å². The van der Waals surface area contributed by atoms with E-state index in [0.717, 1.165) is 43.4 Å². The average Bonchev–Trinajstić information content (AvgIpc) is 3.19. The van der Waals surface area contributed by atoms with E-state index in [4.69, 9.17) is 5.73 Å². The van der Waals surface area contributed by atoms with Gasteiger partial charge in [0, 0.05) is 30.9 Å². The van der Waals surface area contributed by atoms with Crippen LogP contribution in [-0.2, 0) is 6.42 Å². The molecule has 1 saturated heterocycles. The summed E-state index contributed by atoms with van der Waals surface area (Å²) in [6.45, 7) is 5.48. The minimum Gasteiger partial charge on any atom is -0.368 e. The normalized spacial score (nSPS) is 22.0. The lowest BCUT2D eigenvalue weighted by Crippen LogP contribution is -2.34. The summed E-state index contributed by atoms with van der Waals surface area (Å²) in [6, 6.07) is 2.72. The molecule has 2 fully saturated rings. The smallest absolute Gasteiger partial charge is 0.222 e. The molecule has 5 nitrogen and oxygen atoms in total. The highest BCUT2D eigenvalue weighted by atomic mass is 15.2. The zero-order valence-corrected chi connectivity index (χ0v) is 13.0. The average molecular weight is 289 g/mol. The van der Waals surface area contributed by atoms with Gasteiger partial charge < -0.3 is 16.0 Å². The molecular formula is C16H27N5. The zero-order chi connectivity index (χ0) is 14.7. The van der Waals surface area contributed by atoms with E-state index in [1.165, 1.54) is 32.2 Å². The third kappa shape index (κ3) is 4.06. The maximum absolute atomic E-state index is 5.88. The van der Waals surface area contributed by atoms with Crippen molar-refractivity contribution in [2.45, 2.75) is 51.5 Å². The number of nitrogens with one attached hydrogen (secondary N) is 1. The monoisotopic (exact) mass is 289 g/mol. The molecule has 116 valence electrons. The Morgan fingerprint density at radius 2 is 2.19 bits per heavy atom. The van der Waals surface area contributed by atoms with Crippen LogP contribution < -0.4 is 16.0 Å². The Hall–Kier alpha value is -1.36. The molecule has 0 radical (unpaired) electrons. The van der Waals surface area contributed by atoms with E-state index < -0.39 is 0 Å². The summed E-state index contributed by atoms with van der Waals surface area (Å²) in [6.07, 6.45) is 7.34. The molecule has 0 spiro atoms. The van der Waals surface area contributed by atoms with Gasteiger partial charge in [-0.3, -0.25) is 0 Å². The highest BCUT2D eigenvalue weighted by molar-refractivity contribution is 5.44. The van der Waals surface area contributed by atoms with Crippen LogP contribution >= 0.6 is 0 Å². The summed E-state index contributed by atoms with van der Waals surface area (Å²) in [4.78, 5) is 11.1. The second-order valence-corrected chi connectivity index (χ2v) is 6.46. The first-order chi connectivity index (χ1) is 10.2. The number of nitrogens with two attached hydrogens (primary N) is 1. The molecule has 1 aliphatic carbocycles. The van der Waals surface area contributed by atoms with Crippen molar-refractivity contribution in [3.63, 3.8) is 0 Å². The van der Waals surface area contributed by atoms with Crippen molar-refractivity contribution < 1.29 is 0 Å². The van der Waals surface area contributed by atoms with Crippen LogP contribution in [0.4, 0.5) is 11.8 Å². The van der Waals surface area contributed by atoms with Crippen LogP contribution in [0.5, 0.6) is 0 Å². The molecule has 2 aliphatic rings. The molecule has 1 unspecified atom stereocenters. The van der Waals surface area contributed by atoms with Gasteiger partial charge in [-0.25, -0.2) is 4.98 Å². The van der Waals surface area contributed by atoms with Gasteiger partial charge in [0.15, 0.2) is 0 Å². The number of aryl methyl sites for hydroxylation is 1. The van der Waals surface area contributed by atoms with Gasteiger partial charge in [-0.05, 0) is 44.6 Å². The number of hydrogen-bond acceptors (Lipinski definition) is 5. The fourth-order valence-electron chi connectivity index (χ4n) is 2.94. The maximum atomic E-state index is 5.88. The van der Waals surface area contributed by atoms with Gasteiger partial charge in [0.05, 0.1) is 0 Å². The fraction of sp³-hybridized carbons (Fsp3) is 0.750. The molecule has 21 heavy (non-hydrogen) atoms. The van der Waals surface area contributed by atoms with Gasteiger partial charge in [-0.1, -0.05) is 13.3 Å². The Morgan fingerprint density at radius 3 is 2.95 bits per heavy atom. The molecule has 0 bridgehead atoms. The molecule has 5 heteroatoms. The van der Waals surface area contributed by atoms with Crippen molar-refractivity contribution in [1.82, 2.24) is 15.3 Å². The lowest BCUT2D eigenvalue weighted by molar-refractivity contribution is 0.530. The lowest BCUT2D eigenvalue weighted by atomic mass is 10.2. The van der Waals surface area contributed by atoms with Crippen molar-refractivity contribution in [2.24, 2.45) is 5.92 Å². The predicted molar refractivity (Wildman–Crippen MR) is 86.4 cm³/mol. The van der Waals surface area contributed by atoms with Crippen molar-refractivity contribution in [1.29, 1.82) is 0 Å². The molecule has 1 aliphatic heterocycles. The molecule has 2 heterocycles. The summed E-state index contributed by atoms with van der Waals surface area (Å²) >= 11 is 0. The molecule has 1 saturated carbocycles. The van der Waals surface area contributed by atoms with Crippen LogP contribution in [0, 0.1) is 5.92 Å². The Kier molecular flexibility index (Phi) is 4.58. The number of nitrogens with zero attached hydrogens (tertiary/aromatic N) is 3.